The van der Waals surface area contributed by atoms with Crippen molar-refractivity contribution in [2.75, 3.05) is 10.5 Å². The van der Waals surface area contributed by atoms with E-state index in [4.69, 9.17) is 0 Å². The molecule has 0 saturated carbocycles. The average Bonchev–Trinajstić information content (AvgIpc) is 2.12. The standard InChI is InChI=1S/C11H17NO3S/c1-4-5-16(14,15)12-10-7-8(2)6-9(3)11(10)13/h6-7,12-13H,4-5H2,1-3H3. The predicted octanol–water partition coefficient (Wildman–Crippen LogP) is 2.16. The average molecular weight is 243 g/mol. The molecule has 16 heavy (non-hydrogen) atoms. The number of anilines is 1. The second-order valence-corrected chi connectivity index (χ2v) is 5.74. The van der Waals surface area contributed by atoms with Crippen molar-refractivity contribution in [2.45, 2.75) is 27.2 Å². The molecule has 0 aliphatic rings. The summed E-state index contributed by atoms with van der Waals surface area (Å²) >= 11 is 0. The third kappa shape index (κ3) is 3.13. The summed E-state index contributed by atoms with van der Waals surface area (Å²) in [6.45, 7) is 5.38. The molecule has 1 aromatic carbocycles. The number of hydrogen-bond donors (Lipinski definition) is 2. The van der Waals surface area contributed by atoms with Crippen molar-refractivity contribution in [1.82, 2.24) is 0 Å². The number of nitrogens with one attached hydrogen (secondary N) is 1. The monoisotopic (exact) mass is 243 g/mol. The van der Waals surface area contributed by atoms with E-state index >= 15 is 0 Å². The van der Waals surface area contributed by atoms with Gasteiger partial charge in [0.25, 0.3) is 0 Å². The lowest BCUT2D eigenvalue weighted by atomic mass is 10.1. The van der Waals surface area contributed by atoms with Gasteiger partial charge in [0.05, 0.1) is 11.4 Å². The predicted molar refractivity (Wildman–Crippen MR) is 65.3 cm³/mol. The summed E-state index contributed by atoms with van der Waals surface area (Å²) < 4.78 is 25.5. The number of sulfonamides is 1. The summed E-state index contributed by atoms with van der Waals surface area (Å²) in [7, 11) is -3.35. The van der Waals surface area contributed by atoms with Crippen molar-refractivity contribution in [3.05, 3.63) is 23.3 Å². The minimum absolute atomic E-state index is 0.00900. The third-order valence-corrected chi connectivity index (χ3v) is 3.66. The summed E-state index contributed by atoms with van der Waals surface area (Å²) in [5, 5.41) is 9.73. The Morgan fingerprint density at radius 2 is 1.94 bits per heavy atom. The lowest BCUT2D eigenvalue weighted by molar-refractivity contribution is 0.473. The fourth-order valence-electron chi connectivity index (χ4n) is 1.53. The van der Waals surface area contributed by atoms with Gasteiger partial charge in [-0.3, -0.25) is 4.72 Å². The Balaban J connectivity index is 3.07. The van der Waals surface area contributed by atoms with E-state index < -0.39 is 10.0 Å². The van der Waals surface area contributed by atoms with Crippen molar-refractivity contribution < 1.29 is 13.5 Å². The van der Waals surface area contributed by atoms with Crippen molar-refractivity contribution in [3.8, 4) is 5.75 Å². The second-order valence-electron chi connectivity index (χ2n) is 3.90. The molecule has 0 saturated heterocycles. The van der Waals surface area contributed by atoms with Gasteiger partial charge in [0.15, 0.2) is 0 Å². The first-order valence-corrected chi connectivity index (χ1v) is 6.81. The molecular weight excluding hydrogens is 226 g/mol. The zero-order valence-electron chi connectivity index (χ0n) is 9.74. The van der Waals surface area contributed by atoms with Crippen LogP contribution in [0.4, 0.5) is 5.69 Å². The molecule has 2 N–H and O–H groups in total. The Labute approximate surface area is 96.4 Å². The van der Waals surface area contributed by atoms with Crippen molar-refractivity contribution >= 4 is 15.7 Å². The third-order valence-electron chi connectivity index (χ3n) is 2.18. The molecule has 90 valence electrons. The van der Waals surface area contributed by atoms with Gasteiger partial charge in [-0.2, -0.15) is 0 Å². The SMILES string of the molecule is CCCS(=O)(=O)Nc1cc(C)cc(C)c1O. The van der Waals surface area contributed by atoms with Gasteiger partial charge < -0.3 is 5.11 Å². The Kier molecular flexibility index (Phi) is 3.80. The van der Waals surface area contributed by atoms with E-state index in [2.05, 4.69) is 4.72 Å². The Bertz CT molecular complexity index is 480. The Morgan fingerprint density at radius 1 is 1.31 bits per heavy atom. The maximum absolute atomic E-state index is 11.6. The molecule has 0 aliphatic heterocycles. The van der Waals surface area contributed by atoms with Gasteiger partial charge in [0.2, 0.25) is 10.0 Å². The molecule has 0 amide bonds. The molecule has 0 aliphatic carbocycles. The molecular formula is C11H17NO3S. The number of aromatic hydroxyl groups is 1. The van der Waals surface area contributed by atoms with E-state index in [0.717, 1.165) is 5.56 Å². The summed E-state index contributed by atoms with van der Waals surface area (Å²) in [6.07, 6.45) is 0.543. The van der Waals surface area contributed by atoms with Gasteiger partial charge in [0, 0.05) is 0 Å². The molecule has 0 unspecified atom stereocenters. The minimum atomic E-state index is -3.35. The molecule has 0 fully saturated rings. The van der Waals surface area contributed by atoms with Crippen LogP contribution in [0.25, 0.3) is 0 Å². The first-order chi connectivity index (χ1) is 7.35. The summed E-state index contributed by atoms with van der Waals surface area (Å²) in [4.78, 5) is 0. The highest BCUT2D eigenvalue weighted by atomic mass is 32.2. The summed E-state index contributed by atoms with van der Waals surface area (Å²) in [5.74, 6) is 0.0460. The zero-order chi connectivity index (χ0) is 12.3. The Morgan fingerprint density at radius 3 is 2.50 bits per heavy atom. The molecule has 0 atom stereocenters. The zero-order valence-corrected chi connectivity index (χ0v) is 10.6. The lowest BCUT2D eigenvalue weighted by Gasteiger charge is -2.11. The topological polar surface area (TPSA) is 66.4 Å². The maximum Gasteiger partial charge on any atom is 0.232 e. The van der Waals surface area contributed by atoms with Gasteiger partial charge in [-0.05, 0) is 37.5 Å². The normalized spacial score (nSPS) is 11.4. The van der Waals surface area contributed by atoms with E-state index in [1.54, 1.807) is 26.0 Å². The van der Waals surface area contributed by atoms with Crippen LogP contribution >= 0.6 is 0 Å². The molecule has 0 radical (unpaired) electrons. The van der Waals surface area contributed by atoms with Crippen LogP contribution < -0.4 is 4.72 Å². The van der Waals surface area contributed by atoms with Gasteiger partial charge in [-0.25, -0.2) is 8.42 Å². The van der Waals surface area contributed by atoms with Crippen molar-refractivity contribution in [3.63, 3.8) is 0 Å². The first kappa shape index (κ1) is 12.8. The first-order valence-electron chi connectivity index (χ1n) is 5.16. The van der Waals surface area contributed by atoms with Crippen molar-refractivity contribution in [1.29, 1.82) is 0 Å². The molecule has 0 aromatic heterocycles. The molecule has 1 rings (SSSR count). The van der Waals surface area contributed by atoms with Gasteiger partial charge in [-0.15, -0.1) is 0 Å². The molecule has 5 heteroatoms. The highest BCUT2D eigenvalue weighted by Crippen LogP contribution is 2.29. The van der Waals surface area contributed by atoms with E-state index in [1.165, 1.54) is 0 Å². The lowest BCUT2D eigenvalue weighted by Crippen LogP contribution is -2.16. The molecule has 0 heterocycles. The molecule has 1 aromatic rings. The number of rotatable bonds is 4. The largest absolute Gasteiger partial charge is 0.505 e. The second kappa shape index (κ2) is 4.74. The van der Waals surface area contributed by atoms with E-state index in [0.29, 0.717) is 12.0 Å². The summed E-state index contributed by atoms with van der Waals surface area (Å²) in [6, 6.07) is 3.42. The van der Waals surface area contributed by atoms with Crippen LogP contribution in [0.2, 0.25) is 0 Å². The molecule has 4 nitrogen and oxygen atoms in total. The van der Waals surface area contributed by atoms with Gasteiger partial charge in [-0.1, -0.05) is 13.0 Å². The van der Waals surface area contributed by atoms with Gasteiger partial charge in [0.1, 0.15) is 5.75 Å². The van der Waals surface area contributed by atoms with E-state index in [9.17, 15) is 13.5 Å². The van der Waals surface area contributed by atoms with Crippen LogP contribution in [0, 0.1) is 13.8 Å². The fraction of sp³-hybridized carbons (Fsp3) is 0.455. The Hall–Kier alpha value is -1.23. The molecule has 0 bridgehead atoms. The number of aryl methyl sites for hydroxylation is 2. The summed E-state index contributed by atoms with van der Waals surface area (Å²) in [5.41, 5.74) is 1.82. The van der Waals surface area contributed by atoms with Crippen LogP contribution in [0.15, 0.2) is 12.1 Å². The van der Waals surface area contributed by atoms with Crippen LogP contribution in [0.3, 0.4) is 0 Å². The quantitative estimate of drug-likeness (QED) is 0.796. The van der Waals surface area contributed by atoms with Crippen molar-refractivity contribution in [2.24, 2.45) is 0 Å². The van der Waals surface area contributed by atoms with Gasteiger partial charge >= 0.3 is 0 Å². The maximum atomic E-state index is 11.6. The number of benzene rings is 1. The van der Waals surface area contributed by atoms with Crippen LogP contribution in [0.5, 0.6) is 5.75 Å². The minimum Gasteiger partial charge on any atom is -0.505 e. The van der Waals surface area contributed by atoms with Crippen LogP contribution in [0.1, 0.15) is 24.5 Å². The smallest absolute Gasteiger partial charge is 0.232 e. The molecule has 0 spiro atoms. The van der Waals surface area contributed by atoms with Crippen LogP contribution in [-0.2, 0) is 10.0 Å². The van der Waals surface area contributed by atoms with Crippen LogP contribution in [-0.4, -0.2) is 19.3 Å². The number of hydrogen-bond acceptors (Lipinski definition) is 3. The number of phenols is 1. The number of phenolic OH excluding ortho intramolecular Hbond substituents is 1. The van der Waals surface area contributed by atoms with E-state index in [-0.39, 0.29) is 17.2 Å². The van der Waals surface area contributed by atoms with E-state index in [1.807, 2.05) is 6.92 Å². The highest BCUT2D eigenvalue weighted by molar-refractivity contribution is 7.92. The fourth-order valence-corrected chi connectivity index (χ4v) is 2.66. The highest BCUT2D eigenvalue weighted by Gasteiger charge is 2.13.